The fraction of sp³-hybridized carbons (Fsp3) is 0.0769. The zero-order chi connectivity index (χ0) is 44.6. The summed E-state index contributed by atoms with van der Waals surface area (Å²) in [6.45, 7) is 4.45. The zero-order valence-electron chi connectivity index (χ0n) is 37.7. The van der Waals surface area contributed by atoms with Crippen LogP contribution < -0.4 is 9.80 Å². The highest BCUT2D eigenvalue weighted by Gasteiger charge is 2.54. The van der Waals surface area contributed by atoms with Crippen LogP contribution in [0.3, 0.4) is 0 Å². The van der Waals surface area contributed by atoms with Crippen LogP contribution in [0.15, 0.2) is 231 Å². The maximum Gasteiger partial charge on any atom is 0.0737 e. The summed E-state index contributed by atoms with van der Waals surface area (Å²) in [4.78, 5) is 4.89. The second kappa shape index (κ2) is 15.5. The van der Waals surface area contributed by atoms with E-state index in [1.165, 1.54) is 93.6 Å². The molecule has 0 atom stereocenters. The standard InChI is InChI=1S/C65H48N2/c1-3-43-31-35-47(36-32-43)66(45-19-7-5-8-20-45)49-39-40-56-57(41-49)50-23-11-13-27-54(50)62-58-42-61(67(46-21-9-6-10-22-46)48-37-33-44(4-2)34-38-48)53-26-12-14-28-55(53)63(58)65(64(56)62)59-29-17-15-24-51(59)52-25-16-18-30-60(52)65/h5-42H,3-4H2,1-2H3. The van der Waals surface area contributed by atoms with E-state index in [-0.39, 0.29) is 0 Å². The van der Waals surface area contributed by atoms with Crippen molar-refractivity contribution in [3.05, 3.63) is 264 Å². The van der Waals surface area contributed by atoms with Crippen LogP contribution in [0.4, 0.5) is 34.1 Å². The highest BCUT2D eigenvalue weighted by Crippen LogP contribution is 2.67. The molecule has 0 N–H and O–H groups in total. The van der Waals surface area contributed by atoms with E-state index in [1.807, 2.05) is 0 Å². The van der Waals surface area contributed by atoms with E-state index < -0.39 is 5.41 Å². The van der Waals surface area contributed by atoms with Gasteiger partial charge in [-0.15, -0.1) is 0 Å². The van der Waals surface area contributed by atoms with Crippen molar-refractivity contribution in [2.45, 2.75) is 32.1 Å². The molecule has 11 aromatic carbocycles. The quantitative estimate of drug-likeness (QED) is 0.141. The Morgan fingerprint density at radius 3 is 1.36 bits per heavy atom. The molecule has 2 aliphatic carbocycles. The van der Waals surface area contributed by atoms with Crippen molar-refractivity contribution in [2.75, 3.05) is 9.80 Å². The Hall–Kier alpha value is -8.20. The molecule has 0 bridgehead atoms. The molecule has 0 aliphatic heterocycles. The van der Waals surface area contributed by atoms with E-state index >= 15 is 0 Å². The summed E-state index contributed by atoms with van der Waals surface area (Å²) in [5.74, 6) is 0. The van der Waals surface area contributed by atoms with E-state index in [2.05, 4.69) is 254 Å². The molecule has 13 rings (SSSR count). The van der Waals surface area contributed by atoms with Crippen LogP contribution in [0.2, 0.25) is 0 Å². The maximum absolute atomic E-state index is 2.54. The van der Waals surface area contributed by atoms with Gasteiger partial charge in [0.05, 0.1) is 11.1 Å². The van der Waals surface area contributed by atoms with Crippen molar-refractivity contribution < 1.29 is 0 Å². The Bertz CT molecular complexity index is 3660. The number of fused-ring (bicyclic) bond motifs is 17. The third-order valence-corrected chi connectivity index (χ3v) is 14.7. The van der Waals surface area contributed by atoms with Crippen LogP contribution in [0.25, 0.3) is 54.6 Å². The van der Waals surface area contributed by atoms with Gasteiger partial charge in [0.2, 0.25) is 0 Å². The number of hydrogen-bond acceptors (Lipinski definition) is 2. The summed E-state index contributed by atoms with van der Waals surface area (Å²) in [7, 11) is 0. The molecule has 0 saturated carbocycles. The second-order valence-corrected chi connectivity index (χ2v) is 18.1. The summed E-state index contributed by atoms with van der Waals surface area (Å²) in [5, 5.41) is 7.53. The van der Waals surface area contributed by atoms with Crippen molar-refractivity contribution >= 4 is 66.4 Å². The van der Waals surface area contributed by atoms with Crippen LogP contribution in [0, 0.1) is 0 Å². The van der Waals surface area contributed by atoms with Gasteiger partial charge < -0.3 is 9.80 Å². The van der Waals surface area contributed by atoms with Crippen molar-refractivity contribution in [2.24, 2.45) is 0 Å². The topological polar surface area (TPSA) is 6.48 Å². The monoisotopic (exact) mass is 856 g/mol. The number of anilines is 6. The van der Waals surface area contributed by atoms with Crippen LogP contribution in [-0.2, 0) is 18.3 Å². The van der Waals surface area contributed by atoms with Crippen LogP contribution in [-0.4, -0.2) is 0 Å². The maximum atomic E-state index is 2.54. The molecule has 0 saturated heterocycles. The number of rotatable bonds is 8. The minimum absolute atomic E-state index is 0.602. The number of nitrogens with zero attached hydrogens (tertiary/aromatic N) is 2. The first kappa shape index (κ1) is 39.2. The van der Waals surface area contributed by atoms with Gasteiger partial charge in [0.25, 0.3) is 0 Å². The summed E-state index contributed by atoms with van der Waals surface area (Å²) in [6.07, 6.45) is 2.00. The molecule has 67 heavy (non-hydrogen) atoms. The Kier molecular flexibility index (Phi) is 9.05. The summed E-state index contributed by atoms with van der Waals surface area (Å²) in [5.41, 5.74) is 19.5. The Morgan fingerprint density at radius 1 is 0.313 bits per heavy atom. The number of benzene rings is 11. The first-order valence-electron chi connectivity index (χ1n) is 23.8. The van der Waals surface area contributed by atoms with E-state index in [1.54, 1.807) is 0 Å². The molecule has 0 radical (unpaired) electrons. The molecule has 0 amide bonds. The van der Waals surface area contributed by atoms with Gasteiger partial charge in [0, 0.05) is 33.8 Å². The zero-order valence-corrected chi connectivity index (χ0v) is 37.7. The lowest BCUT2D eigenvalue weighted by Crippen LogP contribution is -2.26. The molecular weight excluding hydrogens is 809 g/mol. The predicted octanol–water partition coefficient (Wildman–Crippen LogP) is 17.6. The fourth-order valence-electron chi connectivity index (χ4n) is 11.8. The highest BCUT2D eigenvalue weighted by atomic mass is 15.1. The van der Waals surface area contributed by atoms with Crippen LogP contribution >= 0.6 is 0 Å². The minimum atomic E-state index is -0.602. The minimum Gasteiger partial charge on any atom is -0.310 e. The molecule has 0 fully saturated rings. The molecular formula is C65H48N2. The molecule has 0 heterocycles. The van der Waals surface area contributed by atoms with Gasteiger partial charge in [-0.05, 0) is 162 Å². The van der Waals surface area contributed by atoms with Crippen molar-refractivity contribution in [3.8, 4) is 22.3 Å². The van der Waals surface area contributed by atoms with Crippen LogP contribution in [0.5, 0.6) is 0 Å². The Balaban J connectivity index is 1.18. The molecule has 0 unspecified atom stereocenters. The molecule has 0 aromatic heterocycles. The van der Waals surface area contributed by atoms with Crippen molar-refractivity contribution in [1.29, 1.82) is 0 Å². The first-order chi connectivity index (χ1) is 33.2. The fourth-order valence-corrected chi connectivity index (χ4v) is 11.8. The SMILES string of the molecule is CCc1ccc(N(c2ccccc2)c2ccc3c4c(c5ccccc5c3c2)-c2cc(N(c3ccccc3)c3ccc(CC)cc3)c3ccccc3c2C42c3ccccc3-c3ccccc32)cc1. The number of hydrogen-bond donors (Lipinski definition) is 0. The number of para-hydroxylation sites is 2. The molecule has 1 spiro atoms. The summed E-state index contributed by atoms with van der Waals surface area (Å²) >= 11 is 0. The summed E-state index contributed by atoms with van der Waals surface area (Å²) in [6, 6.07) is 86.6. The molecule has 2 aliphatic rings. The lowest BCUT2D eigenvalue weighted by Gasteiger charge is -2.34. The average Bonchev–Trinajstić information content (AvgIpc) is 3.88. The van der Waals surface area contributed by atoms with E-state index in [9.17, 15) is 0 Å². The van der Waals surface area contributed by atoms with Gasteiger partial charge in [-0.1, -0.05) is 178 Å². The predicted molar refractivity (Wildman–Crippen MR) is 283 cm³/mol. The van der Waals surface area contributed by atoms with Gasteiger partial charge in [-0.2, -0.15) is 0 Å². The lowest BCUT2D eigenvalue weighted by molar-refractivity contribution is 0.809. The van der Waals surface area contributed by atoms with E-state index in [0.717, 1.165) is 41.3 Å². The molecule has 318 valence electrons. The van der Waals surface area contributed by atoms with Gasteiger partial charge in [0.1, 0.15) is 0 Å². The van der Waals surface area contributed by atoms with Crippen molar-refractivity contribution in [1.82, 2.24) is 0 Å². The van der Waals surface area contributed by atoms with Gasteiger partial charge in [-0.25, -0.2) is 0 Å². The average molecular weight is 857 g/mol. The van der Waals surface area contributed by atoms with E-state index in [4.69, 9.17) is 0 Å². The Morgan fingerprint density at radius 2 is 0.761 bits per heavy atom. The molecule has 2 heteroatoms. The Labute approximate surface area is 392 Å². The molecule has 2 nitrogen and oxygen atoms in total. The largest absolute Gasteiger partial charge is 0.310 e. The van der Waals surface area contributed by atoms with Crippen LogP contribution in [0.1, 0.15) is 47.2 Å². The van der Waals surface area contributed by atoms with E-state index in [0.29, 0.717) is 0 Å². The lowest BCUT2D eigenvalue weighted by atomic mass is 9.68. The number of aryl methyl sites for hydroxylation is 2. The first-order valence-corrected chi connectivity index (χ1v) is 23.8. The normalized spacial score (nSPS) is 12.9. The molecule has 11 aromatic rings. The second-order valence-electron chi connectivity index (χ2n) is 18.1. The van der Waals surface area contributed by atoms with Gasteiger partial charge >= 0.3 is 0 Å². The highest BCUT2D eigenvalue weighted by molar-refractivity contribution is 6.23. The smallest absolute Gasteiger partial charge is 0.0737 e. The van der Waals surface area contributed by atoms with Gasteiger partial charge in [0.15, 0.2) is 0 Å². The third kappa shape index (κ3) is 5.76. The van der Waals surface area contributed by atoms with Crippen molar-refractivity contribution in [3.63, 3.8) is 0 Å². The third-order valence-electron chi connectivity index (χ3n) is 14.7. The summed E-state index contributed by atoms with van der Waals surface area (Å²) < 4.78 is 0. The van der Waals surface area contributed by atoms with Gasteiger partial charge in [-0.3, -0.25) is 0 Å².